The summed E-state index contributed by atoms with van der Waals surface area (Å²) in [5, 5.41) is 3.71. The topological polar surface area (TPSA) is 12.4 Å². The van der Waals surface area contributed by atoms with Crippen LogP contribution in [0.5, 0.6) is 0 Å². The molecule has 0 N–H and O–H groups in total. The molecule has 0 spiro atoms. The standard InChI is InChI=1S/C32H25BrNP/c33-31-22-12-10-14-26(31)24-25-27-15-11-13-23-32(27)34-35(28-16-4-1-5-17-28,29-18-6-2-7-19-29)30-20-8-3-9-21-30/h1-25H/b25-24+. The average Bonchev–Trinajstić information content (AvgIpc) is 2.93. The number of nitrogens with zero attached hydrogens (tertiary/aromatic N) is 1. The summed E-state index contributed by atoms with van der Waals surface area (Å²) in [6.45, 7) is 0. The molecule has 170 valence electrons. The minimum Gasteiger partial charge on any atom is -0.253 e. The second-order valence-electron chi connectivity index (χ2n) is 8.16. The lowest BCUT2D eigenvalue weighted by Crippen LogP contribution is -2.25. The van der Waals surface area contributed by atoms with Crippen molar-refractivity contribution in [3.05, 3.63) is 155 Å². The number of hydrogen-bond donors (Lipinski definition) is 0. The number of benzene rings is 5. The lowest BCUT2D eigenvalue weighted by molar-refractivity contribution is 1.52. The van der Waals surface area contributed by atoms with Gasteiger partial charge >= 0.3 is 0 Å². The summed E-state index contributed by atoms with van der Waals surface area (Å²) < 4.78 is 6.76. The molecule has 0 aliphatic carbocycles. The van der Waals surface area contributed by atoms with E-state index in [1.165, 1.54) is 15.9 Å². The normalized spacial score (nSPS) is 11.5. The Bertz CT molecular complexity index is 1390. The Balaban J connectivity index is 1.79. The molecule has 0 radical (unpaired) electrons. The van der Waals surface area contributed by atoms with Gasteiger partial charge in [-0.2, -0.15) is 0 Å². The summed E-state index contributed by atoms with van der Waals surface area (Å²) in [4.78, 5) is 0. The lowest BCUT2D eigenvalue weighted by Gasteiger charge is -2.27. The van der Waals surface area contributed by atoms with Crippen molar-refractivity contribution in [2.45, 2.75) is 0 Å². The SMILES string of the molecule is Brc1ccccc1/C=C/c1ccccc1N=P(c1ccccc1)(c1ccccc1)c1ccccc1. The second-order valence-corrected chi connectivity index (χ2v) is 12.0. The number of rotatable bonds is 6. The first kappa shape index (κ1) is 23.3. The average molecular weight is 534 g/mol. The first-order valence-corrected chi connectivity index (χ1v) is 14.1. The van der Waals surface area contributed by atoms with Gasteiger partial charge in [-0.25, -0.2) is 0 Å². The van der Waals surface area contributed by atoms with Gasteiger partial charge in [-0.15, -0.1) is 0 Å². The summed E-state index contributed by atoms with van der Waals surface area (Å²) in [5.41, 5.74) is 3.22. The Morgan fingerprint density at radius 3 is 1.37 bits per heavy atom. The monoisotopic (exact) mass is 533 g/mol. The van der Waals surface area contributed by atoms with Crippen LogP contribution in [0.15, 0.2) is 149 Å². The van der Waals surface area contributed by atoms with Crippen molar-refractivity contribution in [2.75, 3.05) is 0 Å². The summed E-state index contributed by atoms with van der Waals surface area (Å²) in [6, 6.07) is 48.9. The van der Waals surface area contributed by atoms with Crippen LogP contribution in [0, 0.1) is 0 Å². The van der Waals surface area contributed by atoms with Crippen LogP contribution < -0.4 is 15.9 Å². The van der Waals surface area contributed by atoms with Crippen molar-refractivity contribution < 1.29 is 0 Å². The Morgan fingerprint density at radius 1 is 0.457 bits per heavy atom. The summed E-state index contributed by atoms with van der Waals surface area (Å²) in [5.74, 6) is 0. The molecule has 1 nitrogen and oxygen atoms in total. The van der Waals surface area contributed by atoms with E-state index in [2.05, 4.69) is 162 Å². The fraction of sp³-hybridized carbons (Fsp3) is 0. The van der Waals surface area contributed by atoms with E-state index in [0.29, 0.717) is 0 Å². The molecule has 0 fully saturated rings. The molecule has 0 aliphatic rings. The van der Waals surface area contributed by atoms with Gasteiger partial charge < -0.3 is 0 Å². The predicted molar refractivity (Wildman–Crippen MR) is 157 cm³/mol. The predicted octanol–water partition coefficient (Wildman–Crippen LogP) is 8.43. The van der Waals surface area contributed by atoms with Gasteiger partial charge in [-0.1, -0.05) is 155 Å². The molecule has 0 aliphatic heterocycles. The third-order valence-corrected chi connectivity index (χ3v) is 10.3. The molecule has 5 rings (SSSR count). The molecule has 0 heterocycles. The van der Waals surface area contributed by atoms with E-state index in [-0.39, 0.29) is 0 Å². The summed E-state index contributed by atoms with van der Waals surface area (Å²) >= 11 is 3.66. The highest BCUT2D eigenvalue weighted by molar-refractivity contribution is 9.10. The Hall–Kier alpha value is -3.45. The molecule has 0 amide bonds. The maximum absolute atomic E-state index is 5.68. The first-order chi connectivity index (χ1) is 17.3. The Morgan fingerprint density at radius 2 is 0.857 bits per heavy atom. The smallest absolute Gasteiger partial charge is 0.0697 e. The Labute approximate surface area is 216 Å². The molecule has 5 aromatic rings. The molecule has 5 aromatic carbocycles. The van der Waals surface area contributed by atoms with Crippen LogP contribution in [0.25, 0.3) is 12.2 Å². The van der Waals surface area contributed by atoms with Gasteiger partial charge in [0.15, 0.2) is 0 Å². The maximum Gasteiger partial charge on any atom is 0.0697 e. The molecule has 0 unspecified atom stereocenters. The van der Waals surface area contributed by atoms with Crippen molar-refractivity contribution in [2.24, 2.45) is 4.74 Å². The number of halogens is 1. The lowest BCUT2D eigenvalue weighted by atomic mass is 10.1. The maximum atomic E-state index is 5.68. The van der Waals surface area contributed by atoms with Gasteiger partial charge in [0, 0.05) is 25.9 Å². The molecule has 0 atom stereocenters. The summed E-state index contributed by atoms with van der Waals surface area (Å²) in [7, 11) is -2.33. The van der Waals surface area contributed by atoms with E-state index in [1.54, 1.807) is 0 Å². The quantitative estimate of drug-likeness (QED) is 0.153. The fourth-order valence-electron chi connectivity index (χ4n) is 4.22. The van der Waals surface area contributed by atoms with Gasteiger partial charge in [0.25, 0.3) is 0 Å². The van der Waals surface area contributed by atoms with Gasteiger partial charge in [0.1, 0.15) is 0 Å². The molecule has 35 heavy (non-hydrogen) atoms. The van der Waals surface area contributed by atoms with Gasteiger partial charge in [0.05, 0.1) is 12.7 Å². The van der Waals surface area contributed by atoms with Crippen LogP contribution in [0.2, 0.25) is 0 Å². The van der Waals surface area contributed by atoms with Crippen LogP contribution in [0.1, 0.15) is 11.1 Å². The molecule has 0 bridgehead atoms. The molecular formula is C32H25BrNP. The molecule has 0 aromatic heterocycles. The van der Waals surface area contributed by atoms with Crippen molar-refractivity contribution in [1.29, 1.82) is 0 Å². The van der Waals surface area contributed by atoms with E-state index in [9.17, 15) is 0 Å². The highest BCUT2D eigenvalue weighted by atomic mass is 79.9. The minimum absolute atomic E-state index is 0.987. The second kappa shape index (κ2) is 10.9. The van der Waals surface area contributed by atoms with Crippen molar-refractivity contribution in [3.63, 3.8) is 0 Å². The van der Waals surface area contributed by atoms with E-state index >= 15 is 0 Å². The highest BCUT2D eigenvalue weighted by Crippen LogP contribution is 2.49. The zero-order valence-corrected chi connectivity index (χ0v) is 21.7. The van der Waals surface area contributed by atoms with Crippen LogP contribution >= 0.6 is 23.0 Å². The minimum atomic E-state index is -2.33. The van der Waals surface area contributed by atoms with Crippen molar-refractivity contribution in [3.8, 4) is 0 Å². The molecular weight excluding hydrogens is 509 g/mol. The fourth-order valence-corrected chi connectivity index (χ4v) is 8.20. The van der Waals surface area contributed by atoms with Gasteiger partial charge in [-0.3, -0.25) is 4.74 Å². The van der Waals surface area contributed by atoms with E-state index in [4.69, 9.17) is 4.74 Å². The third kappa shape index (κ3) is 5.00. The zero-order valence-electron chi connectivity index (χ0n) is 19.2. The first-order valence-electron chi connectivity index (χ1n) is 11.6. The van der Waals surface area contributed by atoms with Crippen molar-refractivity contribution >= 4 is 56.7 Å². The van der Waals surface area contributed by atoms with Crippen LogP contribution in [-0.2, 0) is 0 Å². The zero-order chi connectivity index (χ0) is 23.9. The van der Waals surface area contributed by atoms with Crippen LogP contribution in [0.4, 0.5) is 5.69 Å². The summed E-state index contributed by atoms with van der Waals surface area (Å²) in [6.07, 6.45) is 4.31. The largest absolute Gasteiger partial charge is 0.253 e. The number of hydrogen-bond acceptors (Lipinski definition) is 1. The molecule has 0 saturated heterocycles. The van der Waals surface area contributed by atoms with Gasteiger partial charge in [0.2, 0.25) is 0 Å². The van der Waals surface area contributed by atoms with E-state index in [1.807, 2.05) is 6.07 Å². The van der Waals surface area contributed by atoms with Crippen LogP contribution in [-0.4, -0.2) is 0 Å². The van der Waals surface area contributed by atoms with Crippen molar-refractivity contribution in [1.82, 2.24) is 0 Å². The molecule has 3 heteroatoms. The highest BCUT2D eigenvalue weighted by Gasteiger charge is 2.27. The third-order valence-electron chi connectivity index (χ3n) is 5.93. The van der Waals surface area contributed by atoms with Gasteiger partial charge in [-0.05, 0) is 17.7 Å². The van der Waals surface area contributed by atoms with E-state index < -0.39 is 7.05 Å². The molecule has 0 saturated carbocycles. The van der Waals surface area contributed by atoms with Crippen LogP contribution in [0.3, 0.4) is 0 Å². The Kier molecular flexibility index (Phi) is 7.23. The van der Waals surface area contributed by atoms with E-state index in [0.717, 1.165) is 21.3 Å².